The van der Waals surface area contributed by atoms with E-state index in [1.165, 1.54) is 15.6 Å². The van der Waals surface area contributed by atoms with Crippen LogP contribution >= 0.6 is 11.3 Å². The number of aromatic nitrogens is 4. The molecule has 1 aliphatic heterocycles. The number of nitrogens with zero attached hydrogens (tertiary/aromatic N) is 6. The Labute approximate surface area is 155 Å². The van der Waals surface area contributed by atoms with Gasteiger partial charge in [0.25, 0.3) is 10.0 Å². The van der Waals surface area contributed by atoms with Crippen molar-refractivity contribution >= 4 is 27.2 Å². The van der Waals surface area contributed by atoms with Gasteiger partial charge in [0.15, 0.2) is 5.82 Å². The van der Waals surface area contributed by atoms with E-state index < -0.39 is 10.0 Å². The maximum Gasteiger partial charge on any atom is 0.252 e. The minimum atomic E-state index is -3.40. The van der Waals surface area contributed by atoms with E-state index in [0.717, 1.165) is 5.82 Å². The van der Waals surface area contributed by atoms with Gasteiger partial charge in [0.05, 0.1) is 0 Å². The Balaban J connectivity index is 1.52. The quantitative estimate of drug-likeness (QED) is 0.672. The molecule has 0 amide bonds. The Morgan fingerprint density at radius 1 is 1.08 bits per heavy atom. The summed E-state index contributed by atoms with van der Waals surface area (Å²) in [5.74, 6) is 2.14. The second-order valence-corrected chi connectivity index (χ2v) is 9.02. The maximum atomic E-state index is 12.6. The lowest BCUT2D eigenvalue weighted by Gasteiger charge is -2.34. The van der Waals surface area contributed by atoms with Gasteiger partial charge in [-0.25, -0.2) is 23.1 Å². The van der Waals surface area contributed by atoms with Crippen molar-refractivity contribution in [3.63, 3.8) is 0 Å². The van der Waals surface area contributed by atoms with Gasteiger partial charge < -0.3 is 4.90 Å². The summed E-state index contributed by atoms with van der Waals surface area (Å²) >= 11 is 1.25. The number of hydrogen-bond acceptors (Lipinski definition) is 7. The number of rotatable bonds is 4. The second-order valence-electron chi connectivity index (χ2n) is 5.91. The van der Waals surface area contributed by atoms with Crippen LogP contribution in [-0.2, 0) is 10.0 Å². The molecule has 1 fully saturated rings. The average molecular weight is 390 g/mol. The van der Waals surface area contributed by atoms with Crippen LogP contribution in [0.2, 0.25) is 0 Å². The average Bonchev–Trinajstić information content (AvgIpc) is 3.35. The molecule has 8 nitrogen and oxygen atoms in total. The van der Waals surface area contributed by atoms with Crippen molar-refractivity contribution in [1.29, 1.82) is 0 Å². The first-order valence-corrected chi connectivity index (χ1v) is 10.5. The fraction of sp³-hybridized carbons (Fsp3) is 0.312. The summed E-state index contributed by atoms with van der Waals surface area (Å²) in [7, 11) is -3.40. The van der Waals surface area contributed by atoms with Crippen molar-refractivity contribution in [2.75, 3.05) is 31.1 Å². The van der Waals surface area contributed by atoms with E-state index in [0.29, 0.717) is 42.0 Å². The summed E-state index contributed by atoms with van der Waals surface area (Å²) in [6.07, 6.45) is 3.53. The zero-order valence-electron chi connectivity index (χ0n) is 14.2. The van der Waals surface area contributed by atoms with Gasteiger partial charge in [-0.3, -0.25) is 0 Å². The van der Waals surface area contributed by atoms with Gasteiger partial charge in [0.2, 0.25) is 0 Å². The predicted molar refractivity (Wildman–Crippen MR) is 99.2 cm³/mol. The third-order valence-electron chi connectivity index (χ3n) is 4.20. The molecule has 4 heterocycles. The van der Waals surface area contributed by atoms with Gasteiger partial charge in [-0.05, 0) is 24.4 Å². The molecular formula is C16H18N6O2S2. The van der Waals surface area contributed by atoms with E-state index in [4.69, 9.17) is 0 Å². The largest absolute Gasteiger partial charge is 0.354 e. The molecule has 0 radical (unpaired) electrons. The highest BCUT2D eigenvalue weighted by Gasteiger charge is 2.29. The van der Waals surface area contributed by atoms with E-state index in [-0.39, 0.29) is 0 Å². The lowest BCUT2D eigenvalue weighted by atomic mass is 10.3. The Morgan fingerprint density at radius 2 is 1.85 bits per heavy atom. The molecule has 0 unspecified atom stereocenters. The third kappa shape index (κ3) is 3.22. The molecule has 0 N–H and O–H groups in total. The Morgan fingerprint density at radius 3 is 2.50 bits per heavy atom. The van der Waals surface area contributed by atoms with Crippen LogP contribution < -0.4 is 4.90 Å². The number of anilines is 1. The molecule has 10 heteroatoms. The summed E-state index contributed by atoms with van der Waals surface area (Å²) < 4.78 is 28.9. The third-order valence-corrected chi connectivity index (χ3v) is 7.47. The number of hydrogen-bond donors (Lipinski definition) is 0. The lowest BCUT2D eigenvalue weighted by Crippen LogP contribution is -2.48. The molecule has 0 bridgehead atoms. The number of sulfonamides is 1. The van der Waals surface area contributed by atoms with Crippen molar-refractivity contribution in [2.24, 2.45) is 0 Å². The van der Waals surface area contributed by atoms with Gasteiger partial charge >= 0.3 is 0 Å². The van der Waals surface area contributed by atoms with Crippen LogP contribution in [0, 0.1) is 6.92 Å². The van der Waals surface area contributed by atoms with Crippen LogP contribution in [0.25, 0.3) is 5.82 Å². The first-order valence-electron chi connectivity index (χ1n) is 8.18. The molecule has 0 spiro atoms. The molecule has 0 atom stereocenters. The van der Waals surface area contributed by atoms with Crippen LogP contribution in [0.1, 0.15) is 5.82 Å². The molecule has 0 aliphatic carbocycles. The fourth-order valence-electron chi connectivity index (χ4n) is 2.92. The van der Waals surface area contributed by atoms with Crippen LogP contribution in [0.15, 0.2) is 46.2 Å². The van der Waals surface area contributed by atoms with Gasteiger partial charge in [-0.1, -0.05) is 6.07 Å². The minimum Gasteiger partial charge on any atom is -0.354 e. The summed E-state index contributed by atoms with van der Waals surface area (Å²) in [6.45, 7) is 3.87. The molecule has 0 saturated carbocycles. The SMILES string of the molecule is Cc1nc(N2CCN(S(=O)(=O)c3cccs3)CC2)cc(-n2cccn2)n1. The van der Waals surface area contributed by atoms with E-state index in [1.807, 2.05) is 25.3 Å². The normalized spacial score (nSPS) is 16.1. The molecule has 3 aromatic rings. The Kier molecular flexibility index (Phi) is 4.47. The maximum absolute atomic E-state index is 12.6. The van der Waals surface area contributed by atoms with Crippen LogP contribution in [0.5, 0.6) is 0 Å². The highest BCUT2D eigenvalue weighted by molar-refractivity contribution is 7.91. The molecule has 1 saturated heterocycles. The van der Waals surface area contributed by atoms with Gasteiger partial charge in [0, 0.05) is 44.6 Å². The zero-order chi connectivity index (χ0) is 18.1. The van der Waals surface area contributed by atoms with E-state index in [9.17, 15) is 8.42 Å². The van der Waals surface area contributed by atoms with Gasteiger partial charge in [-0.2, -0.15) is 9.40 Å². The van der Waals surface area contributed by atoms with Crippen molar-refractivity contribution in [1.82, 2.24) is 24.1 Å². The van der Waals surface area contributed by atoms with Crippen molar-refractivity contribution in [3.8, 4) is 5.82 Å². The van der Waals surface area contributed by atoms with Gasteiger partial charge in [-0.15, -0.1) is 11.3 Å². The van der Waals surface area contributed by atoms with Crippen molar-refractivity contribution < 1.29 is 8.42 Å². The van der Waals surface area contributed by atoms with E-state index in [2.05, 4.69) is 20.0 Å². The molecule has 0 aromatic carbocycles. The fourth-order valence-corrected chi connectivity index (χ4v) is 5.48. The summed E-state index contributed by atoms with van der Waals surface area (Å²) in [5.41, 5.74) is 0. The number of piperazine rings is 1. The van der Waals surface area contributed by atoms with Crippen LogP contribution in [0.3, 0.4) is 0 Å². The number of aryl methyl sites for hydroxylation is 1. The van der Waals surface area contributed by atoms with Crippen molar-refractivity contribution in [2.45, 2.75) is 11.1 Å². The van der Waals surface area contributed by atoms with Crippen LogP contribution in [0.4, 0.5) is 5.82 Å². The first-order chi connectivity index (χ1) is 12.5. The Hall–Kier alpha value is -2.30. The minimum absolute atomic E-state index is 0.393. The molecule has 3 aromatic heterocycles. The lowest BCUT2D eigenvalue weighted by molar-refractivity contribution is 0.384. The van der Waals surface area contributed by atoms with Gasteiger partial charge in [0.1, 0.15) is 15.9 Å². The predicted octanol–water partition coefficient (Wildman–Crippen LogP) is 1.54. The number of thiophene rings is 1. The molecular weight excluding hydrogens is 372 g/mol. The highest BCUT2D eigenvalue weighted by atomic mass is 32.2. The summed E-state index contributed by atoms with van der Waals surface area (Å²) in [6, 6.07) is 7.12. The molecule has 26 heavy (non-hydrogen) atoms. The van der Waals surface area contributed by atoms with Crippen LogP contribution in [-0.4, -0.2) is 58.7 Å². The molecule has 136 valence electrons. The highest BCUT2D eigenvalue weighted by Crippen LogP contribution is 2.24. The molecule has 4 rings (SSSR count). The van der Waals surface area contributed by atoms with E-state index in [1.54, 1.807) is 28.4 Å². The smallest absolute Gasteiger partial charge is 0.252 e. The Bertz CT molecular complexity index is 978. The van der Waals surface area contributed by atoms with Crippen molar-refractivity contribution in [3.05, 3.63) is 47.9 Å². The monoisotopic (exact) mass is 390 g/mol. The zero-order valence-corrected chi connectivity index (χ0v) is 15.8. The summed E-state index contributed by atoms with van der Waals surface area (Å²) in [4.78, 5) is 11.0. The summed E-state index contributed by atoms with van der Waals surface area (Å²) in [5, 5.41) is 5.99. The second kappa shape index (κ2) is 6.78. The molecule has 1 aliphatic rings. The van der Waals surface area contributed by atoms with E-state index >= 15 is 0 Å². The topological polar surface area (TPSA) is 84.2 Å². The first kappa shape index (κ1) is 17.1. The standard InChI is InChI=1S/C16H18N6O2S2/c1-13-18-14(12-15(19-13)22-6-3-5-17-22)20-7-9-21(10-8-20)26(23,24)16-4-2-11-25-16/h2-6,11-12H,7-10H2,1H3.